The Morgan fingerprint density at radius 3 is 2.56 bits per heavy atom. The molecule has 0 aliphatic heterocycles. The highest BCUT2D eigenvalue weighted by atomic mass is 16.5. The predicted molar refractivity (Wildman–Crippen MR) is 90.2 cm³/mol. The van der Waals surface area contributed by atoms with E-state index < -0.39 is 5.91 Å². The number of hydrogen-bond donors (Lipinski definition) is 2. The summed E-state index contributed by atoms with van der Waals surface area (Å²) in [5.41, 5.74) is 1.50. The molecule has 0 unspecified atom stereocenters. The van der Waals surface area contributed by atoms with Gasteiger partial charge in [0.15, 0.2) is 0 Å². The fourth-order valence-corrected chi connectivity index (χ4v) is 2.04. The maximum Gasteiger partial charge on any atom is 0.271 e. The van der Waals surface area contributed by atoms with Crippen LogP contribution in [0.4, 0.5) is 0 Å². The number of aromatic nitrogens is 4. The van der Waals surface area contributed by atoms with Gasteiger partial charge in [0.1, 0.15) is 12.3 Å². The minimum Gasteiger partial charge on any atom is -0.475 e. The molecular formula is C17H15N5O3. The number of rotatable bonds is 6. The Hall–Kier alpha value is -3.55. The molecule has 0 spiro atoms. The average molecular weight is 337 g/mol. The zero-order valence-corrected chi connectivity index (χ0v) is 13.2. The fraction of sp³-hybridized carbons (Fsp3) is 0.118. The Kier molecular flexibility index (Phi) is 5.10. The van der Waals surface area contributed by atoms with Gasteiger partial charge >= 0.3 is 0 Å². The van der Waals surface area contributed by atoms with Crippen LogP contribution in [0.2, 0.25) is 0 Å². The first kappa shape index (κ1) is 16.3. The lowest BCUT2D eigenvalue weighted by Crippen LogP contribution is -2.29. The molecule has 2 N–H and O–H groups in total. The molecule has 0 saturated carbocycles. The fourth-order valence-electron chi connectivity index (χ4n) is 2.04. The molecule has 1 amide bonds. The summed E-state index contributed by atoms with van der Waals surface area (Å²) in [6.45, 7) is 0.496. The Labute approximate surface area is 142 Å². The quantitative estimate of drug-likeness (QED) is 0.650. The van der Waals surface area contributed by atoms with E-state index in [2.05, 4.69) is 25.7 Å². The normalized spacial score (nSPS) is 10.2. The lowest BCUT2D eigenvalue weighted by Gasteiger charge is -2.07. The van der Waals surface area contributed by atoms with Crippen molar-refractivity contribution >= 4 is 5.91 Å². The zero-order chi connectivity index (χ0) is 17.5. The standard InChI is InChI=1S/C17H15N5O3/c23-15-8-6-14(20-21-15)17(24)18-10-11-25-16-9-7-13(19-22-16)12-4-2-1-3-5-12/h1-9H,10-11H2,(H,18,24)(H,21,23). The molecule has 3 rings (SSSR count). The molecule has 0 saturated heterocycles. The average Bonchev–Trinajstić information content (AvgIpc) is 2.67. The van der Waals surface area contributed by atoms with Gasteiger partial charge in [0.25, 0.3) is 11.5 Å². The Balaban J connectivity index is 1.47. The molecule has 1 aromatic carbocycles. The molecule has 0 fully saturated rings. The molecule has 0 radical (unpaired) electrons. The number of benzene rings is 1. The van der Waals surface area contributed by atoms with Gasteiger partial charge in [-0.1, -0.05) is 30.3 Å². The maximum atomic E-state index is 11.8. The van der Waals surface area contributed by atoms with Crippen LogP contribution in [0.3, 0.4) is 0 Å². The molecule has 25 heavy (non-hydrogen) atoms. The van der Waals surface area contributed by atoms with E-state index in [0.717, 1.165) is 11.3 Å². The van der Waals surface area contributed by atoms with Crippen LogP contribution in [0, 0.1) is 0 Å². The first-order valence-corrected chi connectivity index (χ1v) is 7.58. The summed E-state index contributed by atoms with van der Waals surface area (Å²) in [4.78, 5) is 22.7. The number of aromatic amines is 1. The molecule has 0 aliphatic rings. The minimum atomic E-state index is -0.398. The smallest absolute Gasteiger partial charge is 0.271 e. The number of amides is 1. The van der Waals surface area contributed by atoms with Crippen LogP contribution in [0.5, 0.6) is 5.88 Å². The lowest BCUT2D eigenvalue weighted by atomic mass is 10.1. The Morgan fingerprint density at radius 2 is 1.88 bits per heavy atom. The van der Waals surface area contributed by atoms with E-state index >= 15 is 0 Å². The SMILES string of the molecule is O=C(NCCOc1ccc(-c2ccccc2)nn1)c1ccc(=O)[nH]n1. The summed E-state index contributed by atoms with van der Waals surface area (Å²) >= 11 is 0. The van der Waals surface area contributed by atoms with Crippen molar-refractivity contribution in [2.45, 2.75) is 0 Å². The number of nitrogens with one attached hydrogen (secondary N) is 2. The highest BCUT2D eigenvalue weighted by Gasteiger charge is 2.06. The maximum absolute atomic E-state index is 11.8. The van der Waals surface area contributed by atoms with Crippen LogP contribution in [0.1, 0.15) is 10.5 Å². The summed E-state index contributed by atoms with van der Waals surface area (Å²) < 4.78 is 5.44. The number of carbonyl (C=O) groups excluding carboxylic acids is 1. The minimum absolute atomic E-state index is 0.131. The van der Waals surface area contributed by atoms with E-state index in [1.165, 1.54) is 12.1 Å². The number of H-pyrrole nitrogens is 1. The van der Waals surface area contributed by atoms with E-state index in [-0.39, 0.29) is 24.4 Å². The lowest BCUT2D eigenvalue weighted by molar-refractivity contribution is 0.0940. The van der Waals surface area contributed by atoms with Crippen molar-refractivity contribution in [2.24, 2.45) is 0 Å². The number of carbonyl (C=O) groups is 1. The van der Waals surface area contributed by atoms with Crippen molar-refractivity contribution < 1.29 is 9.53 Å². The van der Waals surface area contributed by atoms with E-state index in [1.807, 2.05) is 36.4 Å². The van der Waals surface area contributed by atoms with Gasteiger partial charge in [0.2, 0.25) is 5.88 Å². The van der Waals surface area contributed by atoms with Gasteiger partial charge in [0, 0.05) is 17.7 Å². The van der Waals surface area contributed by atoms with E-state index in [0.29, 0.717) is 5.88 Å². The van der Waals surface area contributed by atoms with Gasteiger partial charge in [-0.05, 0) is 12.1 Å². The largest absolute Gasteiger partial charge is 0.475 e. The molecule has 0 bridgehead atoms. The van der Waals surface area contributed by atoms with Crippen LogP contribution < -0.4 is 15.6 Å². The zero-order valence-electron chi connectivity index (χ0n) is 13.2. The van der Waals surface area contributed by atoms with Crippen molar-refractivity contribution in [1.82, 2.24) is 25.7 Å². The van der Waals surface area contributed by atoms with Gasteiger partial charge < -0.3 is 10.1 Å². The third-order valence-electron chi connectivity index (χ3n) is 3.26. The van der Waals surface area contributed by atoms with Crippen molar-refractivity contribution in [1.29, 1.82) is 0 Å². The molecule has 0 aliphatic carbocycles. The van der Waals surface area contributed by atoms with Crippen LogP contribution in [-0.2, 0) is 0 Å². The molecule has 2 heterocycles. The molecule has 0 atom stereocenters. The highest BCUT2D eigenvalue weighted by Crippen LogP contribution is 2.16. The second kappa shape index (κ2) is 7.82. The second-order valence-electron chi connectivity index (χ2n) is 5.03. The van der Waals surface area contributed by atoms with Crippen molar-refractivity contribution in [3.05, 3.63) is 70.6 Å². The van der Waals surface area contributed by atoms with Crippen LogP contribution in [-0.4, -0.2) is 39.5 Å². The summed E-state index contributed by atoms with van der Waals surface area (Å²) in [6, 6.07) is 15.8. The van der Waals surface area contributed by atoms with Crippen molar-refractivity contribution in [2.75, 3.05) is 13.2 Å². The monoisotopic (exact) mass is 337 g/mol. The van der Waals surface area contributed by atoms with E-state index in [9.17, 15) is 9.59 Å². The van der Waals surface area contributed by atoms with E-state index in [1.54, 1.807) is 6.07 Å². The third-order valence-corrected chi connectivity index (χ3v) is 3.26. The summed E-state index contributed by atoms with van der Waals surface area (Å²) in [5, 5.41) is 16.6. The van der Waals surface area contributed by atoms with Gasteiger partial charge in [-0.3, -0.25) is 9.59 Å². The second-order valence-corrected chi connectivity index (χ2v) is 5.03. The molecule has 3 aromatic rings. The van der Waals surface area contributed by atoms with Gasteiger partial charge in [0.05, 0.1) is 12.2 Å². The van der Waals surface area contributed by atoms with Gasteiger partial charge in [-0.25, -0.2) is 5.10 Å². The number of nitrogens with zero attached hydrogens (tertiary/aromatic N) is 3. The summed E-state index contributed by atoms with van der Waals surface area (Å²) in [6.07, 6.45) is 0. The van der Waals surface area contributed by atoms with E-state index in [4.69, 9.17) is 4.74 Å². The molecular weight excluding hydrogens is 322 g/mol. The molecule has 126 valence electrons. The third kappa shape index (κ3) is 4.47. The molecule has 8 heteroatoms. The van der Waals surface area contributed by atoms with Crippen molar-refractivity contribution in [3.63, 3.8) is 0 Å². The number of hydrogen-bond acceptors (Lipinski definition) is 6. The topological polar surface area (TPSA) is 110 Å². The first-order valence-electron chi connectivity index (χ1n) is 7.58. The van der Waals surface area contributed by atoms with Crippen LogP contribution in [0.15, 0.2) is 59.4 Å². The predicted octanol–water partition coefficient (Wildman–Crippen LogP) is 1.04. The van der Waals surface area contributed by atoms with Gasteiger partial charge in [-0.15, -0.1) is 10.2 Å². The van der Waals surface area contributed by atoms with Gasteiger partial charge in [-0.2, -0.15) is 5.10 Å². The Bertz CT molecular complexity index is 874. The van der Waals surface area contributed by atoms with Crippen molar-refractivity contribution in [3.8, 4) is 17.1 Å². The van der Waals surface area contributed by atoms with Crippen LogP contribution in [0.25, 0.3) is 11.3 Å². The molecule has 2 aromatic heterocycles. The highest BCUT2D eigenvalue weighted by molar-refractivity contribution is 5.91. The summed E-state index contributed by atoms with van der Waals surface area (Å²) in [5.74, 6) is -0.0264. The molecule has 8 nitrogen and oxygen atoms in total. The van der Waals surface area contributed by atoms with Crippen LogP contribution >= 0.6 is 0 Å². The first-order chi connectivity index (χ1) is 12.2. The number of ether oxygens (including phenoxy) is 1. The Morgan fingerprint density at radius 1 is 1.04 bits per heavy atom. The summed E-state index contributed by atoms with van der Waals surface area (Å²) in [7, 11) is 0.